The molecule has 1 aromatic carbocycles. The Bertz CT molecular complexity index is 437. The summed E-state index contributed by atoms with van der Waals surface area (Å²) in [7, 11) is 0. The third-order valence-electron chi connectivity index (χ3n) is 1.88. The van der Waals surface area contributed by atoms with E-state index in [9.17, 15) is 14.9 Å². The molecule has 1 aromatic rings. The molecule has 84 valence electrons. The molecule has 6 nitrogen and oxygen atoms in total. The first-order valence-corrected chi connectivity index (χ1v) is 4.56. The van der Waals surface area contributed by atoms with Crippen molar-refractivity contribution < 1.29 is 9.72 Å². The minimum Gasteiger partial charge on any atom is -0.274 e. The van der Waals surface area contributed by atoms with Crippen LogP contribution in [0.15, 0.2) is 29.4 Å². The molecule has 0 radical (unpaired) electrons. The number of nitro groups is 1. The van der Waals surface area contributed by atoms with Crippen LogP contribution in [0.3, 0.4) is 0 Å². The van der Waals surface area contributed by atoms with Gasteiger partial charge in [0.05, 0.1) is 10.6 Å². The zero-order chi connectivity index (χ0) is 12.1. The maximum absolute atomic E-state index is 10.6. The summed E-state index contributed by atoms with van der Waals surface area (Å²) in [6.45, 7) is 3.06. The normalized spacial score (nSPS) is 11.0. The van der Waals surface area contributed by atoms with Crippen LogP contribution >= 0.6 is 0 Å². The lowest BCUT2D eigenvalue weighted by Crippen LogP contribution is -2.14. The smallest absolute Gasteiger partial charge is 0.269 e. The second kappa shape index (κ2) is 5.01. The Morgan fingerprint density at radius 2 is 1.88 bits per heavy atom. The summed E-state index contributed by atoms with van der Waals surface area (Å²) in [5.41, 5.74) is 3.63. The molecule has 0 heterocycles. The van der Waals surface area contributed by atoms with E-state index in [1.807, 2.05) is 0 Å². The molecule has 0 bridgehead atoms. The highest BCUT2D eigenvalue weighted by atomic mass is 16.6. The average Bonchev–Trinajstić information content (AvgIpc) is 2.26. The number of nitrogens with one attached hydrogen (secondary N) is 1. The monoisotopic (exact) mass is 221 g/mol. The van der Waals surface area contributed by atoms with Gasteiger partial charge < -0.3 is 0 Å². The van der Waals surface area contributed by atoms with Gasteiger partial charge in [-0.2, -0.15) is 5.10 Å². The van der Waals surface area contributed by atoms with E-state index in [4.69, 9.17) is 0 Å². The zero-order valence-corrected chi connectivity index (χ0v) is 8.93. The van der Waals surface area contributed by atoms with Crippen LogP contribution in [0.1, 0.15) is 19.4 Å². The van der Waals surface area contributed by atoms with Crippen LogP contribution in [-0.2, 0) is 4.79 Å². The molecule has 0 atom stereocenters. The van der Waals surface area contributed by atoms with Gasteiger partial charge >= 0.3 is 0 Å². The molecule has 0 aliphatic rings. The predicted molar refractivity (Wildman–Crippen MR) is 59.1 cm³/mol. The quantitative estimate of drug-likeness (QED) is 0.476. The second-order valence-electron chi connectivity index (χ2n) is 3.17. The van der Waals surface area contributed by atoms with Gasteiger partial charge in [0, 0.05) is 19.1 Å². The summed E-state index contributed by atoms with van der Waals surface area (Å²) in [4.78, 5) is 20.6. The van der Waals surface area contributed by atoms with E-state index >= 15 is 0 Å². The van der Waals surface area contributed by atoms with Gasteiger partial charge in [0.2, 0.25) is 5.91 Å². The molecule has 16 heavy (non-hydrogen) atoms. The molecule has 1 amide bonds. The molecular formula is C10H11N3O3. The first-order chi connectivity index (χ1) is 7.50. The molecule has 1 N–H and O–H groups in total. The van der Waals surface area contributed by atoms with Crippen LogP contribution in [-0.4, -0.2) is 16.5 Å². The minimum absolute atomic E-state index is 0.0241. The molecule has 0 saturated heterocycles. The van der Waals surface area contributed by atoms with Crippen molar-refractivity contribution >= 4 is 17.3 Å². The number of rotatable bonds is 3. The maximum Gasteiger partial charge on any atom is 0.269 e. The van der Waals surface area contributed by atoms with Crippen LogP contribution in [0.25, 0.3) is 0 Å². The van der Waals surface area contributed by atoms with Crippen molar-refractivity contribution in [2.45, 2.75) is 13.8 Å². The second-order valence-corrected chi connectivity index (χ2v) is 3.17. The van der Waals surface area contributed by atoms with Gasteiger partial charge in [0.25, 0.3) is 5.69 Å². The molecule has 0 fully saturated rings. The van der Waals surface area contributed by atoms with Crippen LogP contribution in [0.2, 0.25) is 0 Å². The molecule has 0 saturated carbocycles. The minimum atomic E-state index is -0.468. The Morgan fingerprint density at radius 3 is 2.31 bits per heavy atom. The summed E-state index contributed by atoms with van der Waals surface area (Å²) in [6, 6.07) is 5.95. The van der Waals surface area contributed by atoms with Crippen molar-refractivity contribution in [1.29, 1.82) is 0 Å². The molecule has 0 aliphatic heterocycles. The van der Waals surface area contributed by atoms with E-state index in [1.165, 1.54) is 19.1 Å². The molecule has 0 spiro atoms. The van der Waals surface area contributed by atoms with Gasteiger partial charge in [0.15, 0.2) is 0 Å². The Balaban J connectivity index is 2.85. The third-order valence-corrected chi connectivity index (χ3v) is 1.88. The summed E-state index contributed by atoms with van der Waals surface area (Å²) in [5, 5.41) is 14.2. The lowest BCUT2D eigenvalue weighted by atomic mass is 10.1. The largest absolute Gasteiger partial charge is 0.274 e. The topological polar surface area (TPSA) is 84.6 Å². The van der Waals surface area contributed by atoms with E-state index in [2.05, 4.69) is 10.5 Å². The number of carbonyl (C=O) groups excluding carboxylic acids is 1. The molecular weight excluding hydrogens is 210 g/mol. The number of nitrogens with zero attached hydrogens (tertiary/aromatic N) is 2. The van der Waals surface area contributed by atoms with Gasteiger partial charge in [-0.3, -0.25) is 14.9 Å². The Morgan fingerprint density at radius 1 is 1.31 bits per heavy atom. The molecule has 0 aromatic heterocycles. The fourth-order valence-electron chi connectivity index (χ4n) is 1.05. The molecule has 1 rings (SSSR count). The highest BCUT2D eigenvalue weighted by molar-refractivity contribution is 5.99. The number of benzene rings is 1. The number of hydrazone groups is 1. The molecule has 0 aliphatic carbocycles. The van der Waals surface area contributed by atoms with Crippen LogP contribution < -0.4 is 5.43 Å². The number of hydrogen-bond donors (Lipinski definition) is 1. The molecule has 6 heteroatoms. The number of carbonyl (C=O) groups is 1. The van der Waals surface area contributed by atoms with E-state index in [0.29, 0.717) is 5.71 Å². The van der Waals surface area contributed by atoms with E-state index in [1.54, 1.807) is 19.1 Å². The van der Waals surface area contributed by atoms with Gasteiger partial charge in [0.1, 0.15) is 0 Å². The average molecular weight is 221 g/mol. The first kappa shape index (κ1) is 11.8. The van der Waals surface area contributed by atoms with Gasteiger partial charge in [-0.05, 0) is 24.6 Å². The summed E-state index contributed by atoms with van der Waals surface area (Å²) < 4.78 is 0. The zero-order valence-electron chi connectivity index (χ0n) is 8.93. The fourth-order valence-corrected chi connectivity index (χ4v) is 1.05. The van der Waals surface area contributed by atoms with Crippen molar-refractivity contribution in [3.63, 3.8) is 0 Å². The van der Waals surface area contributed by atoms with Gasteiger partial charge in [-0.15, -0.1) is 0 Å². The Labute approximate surface area is 92.1 Å². The van der Waals surface area contributed by atoms with Crippen molar-refractivity contribution in [3.8, 4) is 0 Å². The summed E-state index contributed by atoms with van der Waals surface area (Å²) >= 11 is 0. The van der Waals surface area contributed by atoms with E-state index < -0.39 is 4.92 Å². The SMILES string of the molecule is CC(=O)NN=C(C)c1ccc([N+](=O)[O-])cc1. The molecule has 0 unspecified atom stereocenters. The summed E-state index contributed by atoms with van der Waals surface area (Å²) in [5.74, 6) is -0.263. The predicted octanol–water partition coefficient (Wildman–Crippen LogP) is 1.45. The lowest BCUT2D eigenvalue weighted by Gasteiger charge is -2.00. The van der Waals surface area contributed by atoms with Crippen molar-refractivity contribution in [2.24, 2.45) is 5.10 Å². The van der Waals surface area contributed by atoms with E-state index in [0.717, 1.165) is 5.56 Å². The van der Waals surface area contributed by atoms with Crippen LogP contribution in [0.5, 0.6) is 0 Å². The van der Waals surface area contributed by atoms with Crippen molar-refractivity contribution in [1.82, 2.24) is 5.43 Å². The standard InChI is InChI=1S/C10H11N3O3/c1-7(11-12-8(2)14)9-3-5-10(6-4-9)13(15)16/h3-6H,1-2H3,(H,12,14). The highest BCUT2D eigenvalue weighted by Crippen LogP contribution is 2.12. The van der Waals surface area contributed by atoms with Gasteiger partial charge in [-0.1, -0.05) is 0 Å². The van der Waals surface area contributed by atoms with Crippen LogP contribution in [0.4, 0.5) is 5.69 Å². The van der Waals surface area contributed by atoms with Gasteiger partial charge in [-0.25, -0.2) is 5.43 Å². The maximum atomic E-state index is 10.6. The third kappa shape index (κ3) is 3.16. The number of nitro benzene ring substituents is 1. The number of non-ortho nitro benzene ring substituents is 1. The van der Waals surface area contributed by atoms with Crippen molar-refractivity contribution in [3.05, 3.63) is 39.9 Å². The van der Waals surface area contributed by atoms with E-state index in [-0.39, 0.29) is 11.6 Å². The summed E-state index contributed by atoms with van der Waals surface area (Å²) in [6.07, 6.45) is 0. The van der Waals surface area contributed by atoms with Crippen molar-refractivity contribution in [2.75, 3.05) is 0 Å². The Hall–Kier alpha value is -2.24. The number of hydrogen-bond acceptors (Lipinski definition) is 4. The fraction of sp³-hybridized carbons (Fsp3) is 0.200. The first-order valence-electron chi connectivity index (χ1n) is 4.56. The Kier molecular flexibility index (Phi) is 3.71. The number of amides is 1. The highest BCUT2D eigenvalue weighted by Gasteiger charge is 2.05. The lowest BCUT2D eigenvalue weighted by molar-refractivity contribution is -0.384. The van der Waals surface area contributed by atoms with Crippen LogP contribution in [0, 0.1) is 10.1 Å².